The Morgan fingerprint density at radius 1 is 1.25 bits per heavy atom. The first kappa shape index (κ1) is 15.5. The Morgan fingerprint density at radius 2 is 2.00 bits per heavy atom. The molecule has 0 spiro atoms. The SMILES string of the molecule is CCC1CCC(CN)C(N(CC)Cc2ccncc2)C1. The van der Waals surface area contributed by atoms with E-state index >= 15 is 0 Å². The van der Waals surface area contributed by atoms with Crippen LogP contribution in [0.2, 0.25) is 0 Å². The minimum Gasteiger partial charge on any atom is -0.330 e. The van der Waals surface area contributed by atoms with Crippen molar-refractivity contribution in [2.75, 3.05) is 13.1 Å². The number of rotatable bonds is 6. The average molecular weight is 275 g/mol. The summed E-state index contributed by atoms with van der Waals surface area (Å²) in [6, 6.07) is 4.90. The molecule has 0 aliphatic heterocycles. The monoisotopic (exact) mass is 275 g/mol. The summed E-state index contributed by atoms with van der Waals surface area (Å²) < 4.78 is 0. The third kappa shape index (κ3) is 3.80. The van der Waals surface area contributed by atoms with Crippen molar-refractivity contribution in [3.05, 3.63) is 30.1 Å². The van der Waals surface area contributed by atoms with Gasteiger partial charge < -0.3 is 5.73 Å². The molecule has 0 amide bonds. The van der Waals surface area contributed by atoms with Gasteiger partial charge in [-0.25, -0.2) is 0 Å². The Kier molecular flexibility index (Phi) is 5.99. The summed E-state index contributed by atoms with van der Waals surface area (Å²) >= 11 is 0. The summed E-state index contributed by atoms with van der Waals surface area (Å²) in [5, 5.41) is 0. The lowest BCUT2D eigenvalue weighted by molar-refractivity contribution is 0.0787. The molecule has 0 aromatic carbocycles. The average Bonchev–Trinajstić information content (AvgIpc) is 2.53. The standard InChI is InChI=1S/C17H29N3/c1-3-14-5-6-16(12-18)17(11-14)20(4-2)13-15-7-9-19-10-8-15/h7-10,14,16-17H,3-6,11-13,18H2,1-2H3. The summed E-state index contributed by atoms with van der Waals surface area (Å²) in [6.07, 6.45) is 9.06. The zero-order valence-corrected chi connectivity index (χ0v) is 13.0. The molecule has 2 N–H and O–H groups in total. The molecule has 1 fully saturated rings. The van der Waals surface area contributed by atoms with Gasteiger partial charge in [-0.1, -0.05) is 26.7 Å². The van der Waals surface area contributed by atoms with Crippen LogP contribution in [0, 0.1) is 11.8 Å². The summed E-state index contributed by atoms with van der Waals surface area (Å²) in [6.45, 7) is 7.54. The number of hydrogen-bond donors (Lipinski definition) is 1. The van der Waals surface area contributed by atoms with Crippen molar-refractivity contribution >= 4 is 0 Å². The van der Waals surface area contributed by atoms with Gasteiger partial charge in [-0.3, -0.25) is 9.88 Å². The van der Waals surface area contributed by atoms with E-state index in [0.29, 0.717) is 12.0 Å². The first-order valence-electron chi connectivity index (χ1n) is 8.11. The predicted octanol–water partition coefficient (Wildman–Crippen LogP) is 3.06. The van der Waals surface area contributed by atoms with Gasteiger partial charge in [0.05, 0.1) is 0 Å². The van der Waals surface area contributed by atoms with Crippen molar-refractivity contribution in [1.29, 1.82) is 0 Å². The largest absolute Gasteiger partial charge is 0.330 e. The maximum absolute atomic E-state index is 6.03. The maximum Gasteiger partial charge on any atom is 0.0271 e. The predicted molar refractivity (Wildman–Crippen MR) is 84.3 cm³/mol. The van der Waals surface area contributed by atoms with Gasteiger partial charge in [-0.15, -0.1) is 0 Å². The van der Waals surface area contributed by atoms with E-state index in [9.17, 15) is 0 Å². The van der Waals surface area contributed by atoms with E-state index in [0.717, 1.165) is 25.6 Å². The highest BCUT2D eigenvalue weighted by Gasteiger charge is 2.32. The summed E-state index contributed by atoms with van der Waals surface area (Å²) in [5.74, 6) is 1.55. The van der Waals surface area contributed by atoms with Crippen molar-refractivity contribution in [2.45, 2.75) is 52.1 Å². The van der Waals surface area contributed by atoms with Crippen molar-refractivity contribution in [1.82, 2.24) is 9.88 Å². The molecule has 3 unspecified atom stereocenters. The molecule has 1 aromatic heterocycles. The van der Waals surface area contributed by atoms with Crippen LogP contribution >= 0.6 is 0 Å². The van der Waals surface area contributed by atoms with Crippen molar-refractivity contribution < 1.29 is 0 Å². The number of aromatic nitrogens is 1. The lowest BCUT2D eigenvalue weighted by Crippen LogP contribution is -2.46. The molecule has 0 radical (unpaired) electrons. The third-order valence-corrected chi connectivity index (χ3v) is 4.96. The zero-order valence-electron chi connectivity index (χ0n) is 13.0. The summed E-state index contributed by atoms with van der Waals surface area (Å²) in [7, 11) is 0. The van der Waals surface area contributed by atoms with Crippen LogP contribution in [0.1, 0.15) is 45.1 Å². The molecular weight excluding hydrogens is 246 g/mol. The highest BCUT2D eigenvalue weighted by atomic mass is 15.2. The van der Waals surface area contributed by atoms with E-state index in [1.165, 1.54) is 31.2 Å². The molecule has 0 bridgehead atoms. The van der Waals surface area contributed by atoms with Gasteiger partial charge in [0.2, 0.25) is 0 Å². The molecule has 1 saturated carbocycles. The van der Waals surface area contributed by atoms with Crippen LogP contribution in [-0.4, -0.2) is 29.0 Å². The first-order valence-corrected chi connectivity index (χ1v) is 8.11. The van der Waals surface area contributed by atoms with Crippen molar-refractivity contribution in [3.8, 4) is 0 Å². The zero-order chi connectivity index (χ0) is 14.4. The fourth-order valence-corrected chi connectivity index (χ4v) is 3.57. The fourth-order valence-electron chi connectivity index (χ4n) is 3.57. The van der Waals surface area contributed by atoms with Crippen molar-refractivity contribution in [2.24, 2.45) is 17.6 Å². The van der Waals surface area contributed by atoms with Crippen LogP contribution in [0.5, 0.6) is 0 Å². The van der Waals surface area contributed by atoms with E-state index in [4.69, 9.17) is 5.73 Å². The van der Waals surface area contributed by atoms with Gasteiger partial charge in [-0.2, -0.15) is 0 Å². The van der Waals surface area contributed by atoms with Crippen LogP contribution in [0.15, 0.2) is 24.5 Å². The van der Waals surface area contributed by atoms with Crippen molar-refractivity contribution in [3.63, 3.8) is 0 Å². The molecular formula is C17H29N3. The maximum atomic E-state index is 6.03. The number of nitrogens with zero attached hydrogens (tertiary/aromatic N) is 2. The van der Waals surface area contributed by atoms with Gasteiger partial charge >= 0.3 is 0 Å². The van der Waals surface area contributed by atoms with Crippen LogP contribution < -0.4 is 5.73 Å². The van der Waals surface area contributed by atoms with E-state index < -0.39 is 0 Å². The van der Waals surface area contributed by atoms with Crippen LogP contribution in [-0.2, 0) is 6.54 Å². The Labute approximate surface area is 123 Å². The second-order valence-electron chi connectivity index (χ2n) is 6.07. The molecule has 112 valence electrons. The van der Waals surface area contributed by atoms with Crippen LogP contribution in [0.25, 0.3) is 0 Å². The van der Waals surface area contributed by atoms with Gasteiger partial charge in [0, 0.05) is 25.0 Å². The lowest BCUT2D eigenvalue weighted by Gasteiger charge is -2.42. The van der Waals surface area contributed by atoms with Gasteiger partial charge in [0.25, 0.3) is 0 Å². The van der Waals surface area contributed by atoms with Crippen LogP contribution in [0.4, 0.5) is 0 Å². The van der Waals surface area contributed by atoms with Gasteiger partial charge in [0.15, 0.2) is 0 Å². The highest BCUT2D eigenvalue weighted by Crippen LogP contribution is 2.34. The third-order valence-electron chi connectivity index (χ3n) is 4.96. The number of nitrogens with two attached hydrogens (primary N) is 1. The number of hydrogen-bond acceptors (Lipinski definition) is 3. The van der Waals surface area contributed by atoms with Gasteiger partial charge in [-0.05, 0) is 55.5 Å². The quantitative estimate of drug-likeness (QED) is 0.867. The minimum absolute atomic E-state index is 0.650. The molecule has 20 heavy (non-hydrogen) atoms. The minimum atomic E-state index is 0.650. The van der Waals surface area contributed by atoms with E-state index in [1.54, 1.807) is 0 Å². The first-order chi connectivity index (χ1) is 9.78. The molecule has 1 aliphatic rings. The molecule has 3 heteroatoms. The second kappa shape index (κ2) is 7.75. The van der Waals surface area contributed by atoms with E-state index in [-0.39, 0.29) is 0 Å². The summed E-state index contributed by atoms with van der Waals surface area (Å²) in [5.41, 5.74) is 7.39. The lowest BCUT2D eigenvalue weighted by atomic mass is 9.76. The highest BCUT2D eigenvalue weighted by molar-refractivity contribution is 5.09. The van der Waals surface area contributed by atoms with Gasteiger partial charge in [0.1, 0.15) is 0 Å². The Hall–Kier alpha value is -0.930. The molecule has 1 heterocycles. The molecule has 2 rings (SSSR count). The molecule has 0 saturated heterocycles. The molecule has 1 aliphatic carbocycles. The van der Waals surface area contributed by atoms with Crippen LogP contribution in [0.3, 0.4) is 0 Å². The smallest absolute Gasteiger partial charge is 0.0271 e. The molecule has 3 nitrogen and oxygen atoms in total. The fraction of sp³-hybridized carbons (Fsp3) is 0.706. The van der Waals surface area contributed by atoms with E-state index in [1.807, 2.05) is 12.4 Å². The topological polar surface area (TPSA) is 42.1 Å². The summed E-state index contributed by atoms with van der Waals surface area (Å²) in [4.78, 5) is 6.73. The Bertz CT molecular complexity index is 379. The molecule has 3 atom stereocenters. The normalized spacial score (nSPS) is 26.9. The molecule has 1 aromatic rings. The number of pyridine rings is 1. The Morgan fingerprint density at radius 3 is 2.60 bits per heavy atom. The van der Waals surface area contributed by atoms with E-state index in [2.05, 4.69) is 35.9 Å². The Balaban J connectivity index is 2.07. The second-order valence-corrected chi connectivity index (χ2v) is 6.07.